The van der Waals surface area contributed by atoms with Crippen molar-refractivity contribution in [2.45, 2.75) is 90.0 Å². The molecule has 0 bridgehead atoms. The summed E-state index contributed by atoms with van der Waals surface area (Å²) in [6, 6.07) is 10.1. The SMILES string of the molecule is CN[C@@H](C)C(=O)N[C@H]1Cc2cc(C)c(OC)cc2[C@H]2CC(C)(C)C(C(=O)N[C@@H]3CCCc4ccccc43)N2C1=O. The number of carbonyl (C=O) groups excluding carboxylic acids is 3. The molecule has 1 unspecified atom stereocenters. The first-order valence-corrected chi connectivity index (χ1v) is 14.4. The topological polar surface area (TPSA) is 99.8 Å². The lowest BCUT2D eigenvalue weighted by Gasteiger charge is -2.36. The number of ether oxygens (including phenoxy) is 1. The van der Waals surface area contributed by atoms with E-state index in [2.05, 4.69) is 48.0 Å². The second kappa shape index (κ2) is 10.9. The number of rotatable bonds is 6. The van der Waals surface area contributed by atoms with E-state index in [1.165, 1.54) is 5.56 Å². The van der Waals surface area contributed by atoms with Gasteiger partial charge in [-0.2, -0.15) is 0 Å². The molecule has 2 aromatic carbocycles. The molecule has 8 heteroatoms. The summed E-state index contributed by atoms with van der Waals surface area (Å²) < 4.78 is 5.66. The molecule has 0 aromatic heterocycles. The van der Waals surface area contributed by atoms with E-state index in [-0.39, 0.29) is 29.8 Å². The van der Waals surface area contributed by atoms with Gasteiger partial charge in [-0.15, -0.1) is 0 Å². The number of likely N-dealkylation sites (N-methyl/N-ethyl adjacent to an activating group) is 1. The van der Waals surface area contributed by atoms with Crippen LogP contribution in [-0.4, -0.2) is 54.9 Å². The molecule has 3 N–H and O–H groups in total. The van der Waals surface area contributed by atoms with Crippen LogP contribution in [0.1, 0.15) is 79.9 Å². The second-order valence-corrected chi connectivity index (χ2v) is 12.3. The number of amides is 3. The van der Waals surface area contributed by atoms with E-state index in [0.29, 0.717) is 12.8 Å². The Bertz CT molecular complexity index is 1320. The third kappa shape index (κ3) is 4.98. The van der Waals surface area contributed by atoms with Crippen LogP contribution in [0.3, 0.4) is 0 Å². The first-order valence-electron chi connectivity index (χ1n) is 14.4. The van der Waals surface area contributed by atoms with Gasteiger partial charge in [-0.25, -0.2) is 0 Å². The average molecular weight is 547 g/mol. The first-order chi connectivity index (χ1) is 19.1. The van der Waals surface area contributed by atoms with Crippen LogP contribution in [0, 0.1) is 12.3 Å². The number of nitrogens with one attached hydrogen (secondary N) is 3. The normalized spacial score (nSPS) is 25.6. The van der Waals surface area contributed by atoms with Crippen molar-refractivity contribution in [3.05, 3.63) is 64.2 Å². The summed E-state index contributed by atoms with van der Waals surface area (Å²) >= 11 is 0. The van der Waals surface area contributed by atoms with Gasteiger partial charge in [0.2, 0.25) is 17.7 Å². The minimum absolute atomic E-state index is 0.0867. The largest absolute Gasteiger partial charge is 0.496 e. The minimum atomic E-state index is -0.778. The second-order valence-electron chi connectivity index (χ2n) is 12.3. The van der Waals surface area contributed by atoms with E-state index in [9.17, 15) is 14.4 Å². The van der Waals surface area contributed by atoms with Crippen LogP contribution in [-0.2, 0) is 27.2 Å². The molecule has 3 amide bonds. The highest BCUT2D eigenvalue weighted by Crippen LogP contribution is 2.51. The molecule has 2 aromatic rings. The molecule has 2 heterocycles. The van der Waals surface area contributed by atoms with E-state index in [1.807, 2.05) is 25.1 Å². The van der Waals surface area contributed by atoms with Gasteiger partial charge in [-0.3, -0.25) is 14.4 Å². The van der Waals surface area contributed by atoms with Gasteiger partial charge in [0, 0.05) is 6.42 Å². The fourth-order valence-electron chi connectivity index (χ4n) is 6.94. The van der Waals surface area contributed by atoms with Crippen LogP contribution in [0.5, 0.6) is 5.75 Å². The molecule has 5 rings (SSSR count). The van der Waals surface area contributed by atoms with Gasteiger partial charge < -0.3 is 25.6 Å². The van der Waals surface area contributed by atoms with Gasteiger partial charge in [0.1, 0.15) is 17.8 Å². The fourth-order valence-corrected chi connectivity index (χ4v) is 6.94. The van der Waals surface area contributed by atoms with E-state index >= 15 is 0 Å². The van der Waals surface area contributed by atoms with E-state index in [0.717, 1.165) is 47.3 Å². The molecular formula is C32H42N4O4. The molecular weight excluding hydrogens is 504 g/mol. The Balaban J connectivity index is 1.54. The van der Waals surface area contributed by atoms with Crippen molar-refractivity contribution < 1.29 is 19.1 Å². The van der Waals surface area contributed by atoms with Crippen molar-refractivity contribution in [1.82, 2.24) is 20.9 Å². The third-order valence-electron chi connectivity index (χ3n) is 9.14. The van der Waals surface area contributed by atoms with Crippen molar-refractivity contribution in [1.29, 1.82) is 0 Å². The summed E-state index contributed by atoms with van der Waals surface area (Å²) in [6.45, 7) is 7.88. The maximum Gasteiger partial charge on any atom is 0.246 e. The van der Waals surface area contributed by atoms with Crippen LogP contribution >= 0.6 is 0 Å². The Morgan fingerprint density at radius 1 is 1.07 bits per heavy atom. The minimum Gasteiger partial charge on any atom is -0.496 e. The molecule has 5 atom stereocenters. The van der Waals surface area contributed by atoms with Gasteiger partial charge >= 0.3 is 0 Å². The van der Waals surface area contributed by atoms with Gasteiger partial charge in [-0.05, 0) is 85.9 Å². The summed E-state index contributed by atoms with van der Waals surface area (Å²) in [5.74, 6) is 0.148. The van der Waals surface area contributed by atoms with Crippen LogP contribution in [0.2, 0.25) is 0 Å². The zero-order valence-electron chi connectivity index (χ0n) is 24.5. The predicted molar refractivity (Wildman–Crippen MR) is 154 cm³/mol. The summed E-state index contributed by atoms with van der Waals surface area (Å²) in [5.41, 5.74) is 4.90. The zero-order valence-corrected chi connectivity index (χ0v) is 24.5. The van der Waals surface area contributed by atoms with Crippen LogP contribution in [0.25, 0.3) is 0 Å². The molecule has 2 aliphatic heterocycles. The lowest BCUT2D eigenvalue weighted by Crippen LogP contribution is -2.57. The Morgan fingerprint density at radius 3 is 2.55 bits per heavy atom. The number of hydrogen-bond donors (Lipinski definition) is 3. The molecule has 3 aliphatic rings. The monoisotopic (exact) mass is 546 g/mol. The standard InChI is InChI=1S/C32H42N4O4/c1-18-14-21-15-25(35-29(37)19(2)33-5)31(39)36-26(23(21)16-27(18)40-6)17-32(3,4)28(36)30(38)34-24-13-9-11-20-10-7-8-12-22(20)24/h7-8,10,12,14,16,19,24-26,28,33H,9,11,13,15,17H2,1-6H3,(H,34,38)(H,35,37)/t19-,24+,25-,26+,28?/m0/s1. The van der Waals surface area contributed by atoms with E-state index in [4.69, 9.17) is 4.74 Å². The molecule has 0 saturated carbocycles. The Labute approximate surface area is 237 Å². The lowest BCUT2D eigenvalue weighted by molar-refractivity contribution is -0.145. The Kier molecular flexibility index (Phi) is 7.66. The molecule has 0 radical (unpaired) electrons. The molecule has 0 spiro atoms. The smallest absolute Gasteiger partial charge is 0.246 e. The number of aryl methyl sites for hydroxylation is 2. The lowest BCUT2D eigenvalue weighted by atomic mass is 9.80. The van der Waals surface area contributed by atoms with Crippen LogP contribution in [0.15, 0.2) is 36.4 Å². The van der Waals surface area contributed by atoms with E-state index in [1.54, 1.807) is 26.0 Å². The quantitative estimate of drug-likeness (QED) is 0.515. The van der Waals surface area contributed by atoms with Crippen molar-refractivity contribution in [3.63, 3.8) is 0 Å². The summed E-state index contributed by atoms with van der Waals surface area (Å²) in [5, 5.41) is 9.27. The average Bonchev–Trinajstić information content (AvgIpc) is 3.17. The molecule has 214 valence electrons. The maximum absolute atomic E-state index is 14.4. The molecule has 8 nitrogen and oxygen atoms in total. The Hall–Kier alpha value is -3.39. The molecule has 1 aliphatic carbocycles. The number of fused-ring (bicyclic) bond motifs is 4. The highest BCUT2D eigenvalue weighted by molar-refractivity contribution is 5.95. The summed E-state index contributed by atoms with van der Waals surface area (Å²) in [6.07, 6.45) is 3.87. The van der Waals surface area contributed by atoms with Gasteiger partial charge in [0.25, 0.3) is 0 Å². The molecule has 1 saturated heterocycles. The maximum atomic E-state index is 14.4. The number of carbonyl (C=O) groups is 3. The zero-order chi connectivity index (χ0) is 28.8. The highest BCUT2D eigenvalue weighted by Gasteiger charge is 2.55. The number of hydrogen-bond acceptors (Lipinski definition) is 5. The number of nitrogens with zero attached hydrogens (tertiary/aromatic N) is 1. The van der Waals surface area contributed by atoms with E-state index < -0.39 is 23.5 Å². The van der Waals surface area contributed by atoms with Crippen LogP contribution in [0.4, 0.5) is 0 Å². The van der Waals surface area contributed by atoms with Crippen molar-refractivity contribution in [2.75, 3.05) is 14.2 Å². The van der Waals surface area contributed by atoms with Crippen LogP contribution < -0.4 is 20.7 Å². The first kappa shape index (κ1) is 28.1. The van der Waals surface area contributed by atoms with Crippen molar-refractivity contribution in [3.8, 4) is 5.75 Å². The van der Waals surface area contributed by atoms with Gasteiger partial charge in [0.15, 0.2) is 0 Å². The number of methoxy groups -OCH3 is 1. The fraction of sp³-hybridized carbons (Fsp3) is 0.531. The third-order valence-corrected chi connectivity index (χ3v) is 9.14. The molecule has 40 heavy (non-hydrogen) atoms. The van der Waals surface area contributed by atoms with Crippen molar-refractivity contribution >= 4 is 17.7 Å². The Morgan fingerprint density at radius 2 is 1.82 bits per heavy atom. The van der Waals surface area contributed by atoms with Gasteiger partial charge in [0.05, 0.1) is 25.2 Å². The summed E-state index contributed by atoms with van der Waals surface area (Å²) in [4.78, 5) is 43.3. The van der Waals surface area contributed by atoms with Gasteiger partial charge in [-0.1, -0.05) is 44.2 Å². The predicted octanol–water partition coefficient (Wildman–Crippen LogP) is 3.51. The molecule has 1 fully saturated rings. The van der Waals surface area contributed by atoms with Crippen molar-refractivity contribution in [2.24, 2.45) is 5.41 Å². The number of benzene rings is 2. The highest BCUT2D eigenvalue weighted by atomic mass is 16.5. The summed E-state index contributed by atoms with van der Waals surface area (Å²) in [7, 11) is 3.36.